The molecule has 2 atom stereocenters. The summed E-state index contributed by atoms with van der Waals surface area (Å²) in [5, 5.41) is 2.89. The van der Waals surface area contributed by atoms with E-state index >= 15 is 0 Å². The molecule has 0 bridgehead atoms. The highest BCUT2D eigenvalue weighted by Crippen LogP contribution is 2.48. The van der Waals surface area contributed by atoms with Crippen LogP contribution in [0, 0.1) is 5.92 Å². The minimum Gasteiger partial charge on any atom is -0.355 e. The van der Waals surface area contributed by atoms with Crippen LogP contribution in [-0.4, -0.2) is 12.5 Å². The fourth-order valence-corrected chi connectivity index (χ4v) is 3.29. The van der Waals surface area contributed by atoms with Crippen LogP contribution in [0.3, 0.4) is 0 Å². The monoisotopic (exact) mass is 412 g/mol. The van der Waals surface area contributed by atoms with Gasteiger partial charge in [-0.25, -0.2) is 0 Å². The van der Waals surface area contributed by atoms with Crippen molar-refractivity contribution in [3.63, 3.8) is 0 Å². The molecule has 28 heavy (non-hydrogen) atoms. The summed E-state index contributed by atoms with van der Waals surface area (Å²) < 4.78 is 38.9. The van der Waals surface area contributed by atoms with Crippen molar-refractivity contribution in [3.8, 4) is 0 Å². The topological polar surface area (TPSA) is 55.1 Å². The number of hydrogen-bond acceptors (Lipinski definition) is 2. The molecule has 0 heterocycles. The second kappa shape index (κ2) is 8.53. The van der Waals surface area contributed by atoms with E-state index < -0.39 is 29.1 Å². The molecule has 0 aromatic heterocycles. The Hall–Kier alpha value is -2.05. The van der Waals surface area contributed by atoms with Crippen molar-refractivity contribution >= 4 is 18.3 Å². The van der Waals surface area contributed by atoms with E-state index in [0.29, 0.717) is 12.1 Å². The van der Waals surface area contributed by atoms with Crippen molar-refractivity contribution in [2.75, 3.05) is 6.54 Å². The molecular formula is C21H24ClF3N2O. The molecule has 2 aromatic carbocycles. The van der Waals surface area contributed by atoms with Gasteiger partial charge in [0.15, 0.2) is 0 Å². The summed E-state index contributed by atoms with van der Waals surface area (Å²) in [5.41, 5.74) is 6.62. The summed E-state index contributed by atoms with van der Waals surface area (Å²) in [6, 6.07) is 14.3. The highest BCUT2D eigenvalue weighted by atomic mass is 35.5. The van der Waals surface area contributed by atoms with E-state index in [9.17, 15) is 18.0 Å². The van der Waals surface area contributed by atoms with Gasteiger partial charge in [-0.2, -0.15) is 13.2 Å². The summed E-state index contributed by atoms with van der Waals surface area (Å²) in [7, 11) is 0. The van der Waals surface area contributed by atoms with Gasteiger partial charge in [-0.15, -0.1) is 12.4 Å². The molecule has 2 unspecified atom stereocenters. The van der Waals surface area contributed by atoms with Crippen LogP contribution in [0.4, 0.5) is 13.2 Å². The van der Waals surface area contributed by atoms with E-state index in [2.05, 4.69) is 5.32 Å². The summed E-state index contributed by atoms with van der Waals surface area (Å²) in [6.07, 6.45) is -2.85. The van der Waals surface area contributed by atoms with Crippen molar-refractivity contribution in [1.29, 1.82) is 0 Å². The first-order valence-electron chi connectivity index (χ1n) is 8.99. The van der Waals surface area contributed by atoms with E-state index in [1.54, 1.807) is 13.0 Å². The number of hydrogen-bond donors (Lipinski definition) is 2. The second-order valence-electron chi connectivity index (χ2n) is 7.30. The predicted molar refractivity (Wildman–Crippen MR) is 105 cm³/mol. The van der Waals surface area contributed by atoms with Gasteiger partial charge in [0.25, 0.3) is 0 Å². The second-order valence-corrected chi connectivity index (χ2v) is 7.30. The maximum absolute atomic E-state index is 13.0. The van der Waals surface area contributed by atoms with Gasteiger partial charge in [0.1, 0.15) is 0 Å². The molecule has 0 radical (unpaired) electrons. The molecule has 1 fully saturated rings. The van der Waals surface area contributed by atoms with Crippen molar-refractivity contribution in [3.05, 3.63) is 71.3 Å². The zero-order valence-corrected chi connectivity index (χ0v) is 16.3. The Bertz CT molecular complexity index is 807. The fraction of sp³-hybridized carbons (Fsp3) is 0.381. The lowest BCUT2D eigenvalue weighted by Crippen LogP contribution is -2.39. The van der Waals surface area contributed by atoms with Crippen molar-refractivity contribution in [2.45, 2.75) is 37.4 Å². The van der Waals surface area contributed by atoms with Gasteiger partial charge in [-0.1, -0.05) is 55.5 Å². The average Bonchev–Trinajstić information content (AvgIpc) is 3.46. The zero-order chi connectivity index (χ0) is 19.7. The molecule has 1 aliphatic rings. The number of nitrogens with one attached hydrogen (secondary N) is 1. The third-order valence-electron chi connectivity index (χ3n) is 5.39. The van der Waals surface area contributed by atoms with E-state index in [1.165, 1.54) is 12.1 Å². The molecule has 3 rings (SSSR count). The Morgan fingerprint density at radius 2 is 1.79 bits per heavy atom. The van der Waals surface area contributed by atoms with Crippen LogP contribution in [-0.2, 0) is 16.4 Å². The largest absolute Gasteiger partial charge is 0.416 e. The number of rotatable bonds is 6. The summed E-state index contributed by atoms with van der Waals surface area (Å²) in [5.74, 6) is -0.630. The molecule has 0 spiro atoms. The SMILES string of the molecule is CC(C(=O)NCC1(c2cccc(C(F)(F)F)c2)CC1)C(N)c1ccccc1.Cl. The molecule has 1 amide bonds. The minimum atomic E-state index is -4.37. The van der Waals surface area contributed by atoms with Gasteiger partial charge < -0.3 is 11.1 Å². The molecule has 0 aliphatic heterocycles. The maximum atomic E-state index is 13.0. The number of amides is 1. The highest BCUT2D eigenvalue weighted by molar-refractivity contribution is 5.85. The van der Waals surface area contributed by atoms with E-state index in [1.807, 2.05) is 30.3 Å². The summed E-state index contributed by atoms with van der Waals surface area (Å²) in [6.45, 7) is 2.08. The molecule has 3 N–H and O–H groups in total. The zero-order valence-electron chi connectivity index (χ0n) is 15.5. The van der Waals surface area contributed by atoms with Crippen molar-refractivity contribution in [2.24, 2.45) is 11.7 Å². The van der Waals surface area contributed by atoms with Gasteiger partial charge in [0, 0.05) is 18.0 Å². The Balaban J connectivity index is 0.00000280. The minimum absolute atomic E-state index is 0. The van der Waals surface area contributed by atoms with Gasteiger partial charge in [-0.05, 0) is 30.0 Å². The molecule has 2 aromatic rings. The summed E-state index contributed by atoms with van der Waals surface area (Å²) >= 11 is 0. The number of carbonyl (C=O) groups is 1. The van der Waals surface area contributed by atoms with Crippen LogP contribution in [0.5, 0.6) is 0 Å². The number of carbonyl (C=O) groups excluding carboxylic acids is 1. The predicted octanol–water partition coefficient (Wildman–Crippen LogP) is 4.61. The van der Waals surface area contributed by atoms with Gasteiger partial charge in [-0.3, -0.25) is 4.79 Å². The standard InChI is InChI=1S/C21H23F3N2O.ClH/c1-14(18(25)15-6-3-2-4-7-15)19(27)26-13-20(10-11-20)16-8-5-9-17(12-16)21(22,23)24;/h2-9,12,14,18H,10-11,13,25H2,1H3,(H,26,27);1H. The van der Waals surface area contributed by atoms with Crippen LogP contribution in [0.2, 0.25) is 0 Å². The first-order chi connectivity index (χ1) is 12.7. The normalized spacial score (nSPS) is 17.2. The van der Waals surface area contributed by atoms with Gasteiger partial charge >= 0.3 is 6.18 Å². The first kappa shape index (κ1) is 22.2. The van der Waals surface area contributed by atoms with Crippen LogP contribution in [0.15, 0.2) is 54.6 Å². The molecule has 7 heteroatoms. The Kier molecular flexibility index (Phi) is 6.78. The smallest absolute Gasteiger partial charge is 0.355 e. The number of nitrogens with two attached hydrogens (primary N) is 1. The van der Waals surface area contributed by atoms with Crippen molar-refractivity contribution in [1.82, 2.24) is 5.32 Å². The van der Waals surface area contributed by atoms with Crippen LogP contribution < -0.4 is 11.1 Å². The van der Waals surface area contributed by atoms with Gasteiger partial charge in [0.05, 0.1) is 11.5 Å². The maximum Gasteiger partial charge on any atom is 0.416 e. The Morgan fingerprint density at radius 1 is 1.14 bits per heavy atom. The molecule has 0 saturated heterocycles. The van der Waals surface area contributed by atoms with E-state index in [0.717, 1.165) is 24.5 Å². The molecule has 152 valence electrons. The fourth-order valence-electron chi connectivity index (χ4n) is 3.29. The quantitative estimate of drug-likeness (QED) is 0.727. The molecule has 1 aliphatic carbocycles. The van der Waals surface area contributed by atoms with Crippen LogP contribution in [0.1, 0.15) is 42.5 Å². The third kappa shape index (κ3) is 4.86. The lowest BCUT2D eigenvalue weighted by atomic mass is 9.92. The van der Waals surface area contributed by atoms with Crippen molar-refractivity contribution < 1.29 is 18.0 Å². The molecular weight excluding hydrogens is 389 g/mol. The lowest BCUT2D eigenvalue weighted by molar-refractivity contribution is -0.137. The first-order valence-corrected chi connectivity index (χ1v) is 8.99. The van der Waals surface area contributed by atoms with Crippen LogP contribution >= 0.6 is 12.4 Å². The molecule has 3 nitrogen and oxygen atoms in total. The Morgan fingerprint density at radius 3 is 2.36 bits per heavy atom. The van der Waals surface area contributed by atoms with Gasteiger partial charge in [0.2, 0.25) is 5.91 Å². The lowest BCUT2D eigenvalue weighted by Gasteiger charge is -2.23. The third-order valence-corrected chi connectivity index (χ3v) is 5.39. The van der Waals surface area contributed by atoms with Crippen LogP contribution in [0.25, 0.3) is 0 Å². The number of benzene rings is 2. The highest BCUT2D eigenvalue weighted by Gasteiger charge is 2.45. The average molecular weight is 413 g/mol. The number of halogens is 4. The molecule has 1 saturated carbocycles. The summed E-state index contributed by atoms with van der Waals surface area (Å²) in [4.78, 5) is 12.5. The number of alkyl halides is 3. The van der Waals surface area contributed by atoms with E-state index in [4.69, 9.17) is 5.73 Å². The Labute approximate surface area is 168 Å². The van der Waals surface area contributed by atoms with E-state index in [-0.39, 0.29) is 18.3 Å².